The zero-order valence-electron chi connectivity index (χ0n) is 5.00. The minimum atomic E-state index is -0.848. The number of halogens is 1. The van der Waals surface area contributed by atoms with Crippen molar-refractivity contribution < 1.29 is 9.63 Å². The molecule has 0 aliphatic rings. The highest BCUT2D eigenvalue weighted by Gasteiger charge is 2.00. The van der Waals surface area contributed by atoms with Gasteiger partial charge < -0.3 is 10.6 Å². The number of nitrogens with zero attached hydrogens (tertiary/aromatic N) is 1. The van der Waals surface area contributed by atoms with Crippen molar-refractivity contribution in [3.05, 3.63) is 0 Å². The number of terminal acetylenes is 1. The molecule has 0 radical (unpaired) electrons. The molecule has 0 aromatic heterocycles. The lowest BCUT2D eigenvalue weighted by atomic mass is 10.7. The zero-order chi connectivity index (χ0) is 7.98. The molecule has 0 fully saturated rings. The Labute approximate surface area is 63.0 Å². The average Bonchev–Trinajstić information content (AvgIpc) is 1.88. The Morgan fingerprint density at radius 2 is 2.50 bits per heavy atom. The Bertz CT molecular complexity index is 194. The lowest BCUT2D eigenvalue weighted by Crippen LogP contribution is -2.18. The fourth-order valence-electron chi connectivity index (χ4n) is 0.171. The molecule has 1 amide bonds. The fraction of sp³-hybridized carbons (Fsp3) is 0.200. The molecule has 0 saturated heterocycles. The minimum absolute atomic E-state index is 0.0382. The van der Waals surface area contributed by atoms with E-state index in [-0.39, 0.29) is 6.61 Å². The van der Waals surface area contributed by atoms with E-state index in [4.69, 9.17) is 18.0 Å². The number of oxime groups is 1. The van der Waals surface area contributed by atoms with Crippen LogP contribution in [0.1, 0.15) is 0 Å². The van der Waals surface area contributed by atoms with Crippen molar-refractivity contribution in [2.75, 3.05) is 6.61 Å². The number of primary amides is 1. The predicted octanol–water partition coefficient (Wildman–Crippen LogP) is -0.326. The SMILES string of the molecule is C#CCON=C(Cl)C(N)=O. The van der Waals surface area contributed by atoms with E-state index in [0.717, 1.165) is 0 Å². The molecule has 0 rings (SSSR count). The monoisotopic (exact) mass is 160 g/mol. The van der Waals surface area contributed by atoms with E-state index in [0.29, 0.717) is 0 Å². The van der Waals surface area contributed by atoms with E-state index in [2.05, 4.69) is 21.6 Å². The summed E-state index contributed by atoms with van der Waals surface area (Å²) in [6.07, 6.45) is 4.79. The second-order valence-corrected chi connectivity index (χ2v) is 1.58. The van der Waals surface area contributed by atoms with Gasteiger partial charge in [0.05, 0.1) is 0 Å². The van der Waals surface area contributed by atoms with E-state index in [1.807, 2.05) is 0 Å². The third kappa shape index (κ3) is 3.75. The van der Waals surface area contributed by atoms with Crippen LogP contribution in [0, 0.1) is 12.3 Å². The van der Waals surface area contributed by atoms with Crippen LogP contribution >= 0.6 is 11.6 Å². The third-order valence-corrected chi connectivity index (χ3v) is 0.751. The van der Waals surface area contributed by atoms with E-state index in [1.54, 1.807) is 0 Å². The van der Waals surface area contributed by atoms with Gasteiger partial charge in [-0.15, -0.1) is 6.42 Å². The maximum absolute atomic E-state index is 10.1. The van der Waals surface area contributed by atoms with E-state index >= 15 is 0 Å². The number of hydrogen-bond acceptors (Lipinski definition) is 3. The molecule has 0 unspecified atom stereocenters. The van der Waals surface area contributed by atoms with Crippen molar-refractivity contribution in [2.24, 2.45) is 10.9 Å². The van der Waals surface area contributed by atoms with Crippen LogP contribution < -0.4 is 5.73 Å². The van der Waals surface area contributed by atoms with Gasteiger partial charge in [-0.25, -0.2) is 0 Å². The van der Waals surface area contributed by atoms with Gasteiger partial charge in [0.25, 0.3) is 5.91 Å². The Morgan fingerprint density at radius 3 is 2.90 bits per heavy atom. The van der Waals surface area contributed by atoms with Crippen LogP contribution in [-0.2, 0) is 9.63 Å². The summed E-state index contributed by atoms with van der Waals surface area (Å²) < 4.78 is 0. The van der Waals surface area contributed by atoms with E-state index in [1.165, 1.54) is 0 Å². The van der Waals surface area contributed by atoms with Gasteiger partial charge in [0.15, 0.2) is 6.61 Å². The molecule has 0 atom stereocenters. The van der Waals surface area contributed by atoms with E-state index < -0.39 is 11.1 Å². The van der Waals surface area contributed by atoms with Gasteiger partial charge in [0.1, 0.15) is 0 Å². The largest absolute Gasteiger partial charge is 0.381 e. The Balaban J connectivity index is 3.72. The molecule has 0 aliphatic carbocycles. The van der Waals surface area contributed by atoms with Gasteiger partial charge in [0, 0.05) is 0 Å². The summed E-state index contributed by atoms with van der Waals surface area (Å²) in [5.41, 5.74) is 4.68. The molecule has 54 valence electrons. The summed E-state index contributed by atoms with van der Waals surface area (Å²) in [7, 11) is 0. The Hall–Kier alpha value is -1.21. The highest BCUT2D eigenvalue weighted by molar-refractivity contribution is 6.82. The smallest absolute Gasteiger partial charge is 0.282 e. The summed E-state index contributed by atoms with van der Waals surface area (Å²) in [4.78, 5) is 14.4. The quantitative estimate of drug-likeness (QED) is 0.266. The van der Waals surface area contributed by atoms with E-state index in [9.17, 15) is 4.79 Å². The van der Waals surface area contributed by atoms with Crippen molar-refractivity contribution in [3.63, 3.8) is 0 Å². The first-order valence-electron chi connectivity index (χ1n) is 2.27. The Morgan fingerprint density at radius 1 is 1.90 bits per heavy atom. The molecule has 2 N–H and O–H groups in total. The highest BCUT2D eigenvalue weighted by atomic mass is 35.5. The first-order chi connectivity index (χ1) is 4.68. The molecule has 0 bridgehead atoms. The summed E-state index contributed by atoms with van der Waals surface area (Å²) >= 11 is 5.13. The maximum atomic E-state index is 10.1. The summed E-state index contributed by atoms with van der Waals surface area (Å²) in [6, 6.07) is 0. The molecule has 0 aromatic rings. The number of carbonyl (C=O) groups is 1. The third-order valence-electron chi connectivity index (χ3n) is 0.496. The van der Waals surface area contributed by atoms with Crippen LogP contribution in [-0.4, -0.2) is 17.7 Å². The van der Waals surface area contributed by atoms with Crippen LogP contribution in [0.2, 0.25) is 0 Å². The summed E-state index contributed by atoms with van der Waals surface area (Å²) in [6.45, 7) is -0.0382. The van der Waals surface area contributed by atoms with Crippen LogP contribution in [0.3, 0.4) is 0 Å². The molecular weight excluding hydrogens is 156 g/mol. The van der Waals surface area contributed by atoms with Crippen molar-refractivity contribution in [1.29, 1.82) is 0 Å². The van der Waals surface area contributed by atoms with Crippen LogP contribution in [0.25, 0.3) is 0 Å². The van der Waals surface area contributed by atoms with Gasteiger partial charge in [-0.1, -0.05) is 22.7 Å². The van der Waals surface area contributed by atoms with Crippen molar-refractivity contribution in [3.8, 4) is 12.3 Å². The first-order valence-corrected chi connectivity index (χ1v) is 2.65. The Kier molecular flexibility index (Phi) is 4.09. The number of rotatable bonds is 3. The number of hydrogen-bond donors (Lipinski definition) is 1. The van der Waals surface area contributed by atoms with Gasteiger partial charge in [-0.05, 0) is 0 Å². The average molecular weight is 161 g/mol. The summed E-state index contributed by atoms with van der Waals surface area (Å²) in [5.74, 6) is 1.27. The molecule has 4 nitrogen and oxygen atoms in total. The second-order valence-electron chi connectivity index (χ2n) is 1.22. The van der Waals surface area contributed by atoms with Gasteiger partial charge in [0.2, 0.25) is 5.17 Å². The number of nitrogens with two attached hydrogens (primary N) is 1. The fourth-order valence-corrected chi connectivity index (χ4v) is 0.220. The predicted molar refractivity (Wildman–Crippen MR) is 37.3 cm³/mol. The highest BCUT2D eigenvalue weighted by Crippen LogP contribution is 1.85. The molecular formula is C5H5ClN2O2. The molecule has 5 heteroatoms. The van der Waals surface area contributed by atoms with Crippen LogP contribution in [0.4, 0.5) is 0 Å². The molecule has 0 spiro atoms. The maximum Gasteiger partial charge on any atom is 0.282 e. The van der Waals surface area contributed by atoms with Crippen molar-refractivity contribution >= 4 is 22.7 Å². The number of carbonyl (C=O) groups excluding carboxylic acids is 1. The van der Waals surface area contributed by atoms with Crippen LogP contribution in [0.15, 0.2) is 5.16 Å². The molecule has 0 aliphatic heterocycles. The lowest BCUT2D eigenvalue weighted by molar-refractivity contribution is -0.111. The standard InChI is InChI=1S/C5H5ClN2O2/c1-2-3-10-8-4(6)5(7)9/h1H,3H2,(H2,7,9). The normalized spacial score (nSPS) is 10.2. The topological polar surface area (TPSA) is 64.7 Å². The first kappa shape index (κ1) is 8.79. The van der Waals surface area contributed by atoms with Crippen molar-refractivity contribution in [2.45, 2.75) is 0 Å². The van der Waals surface area contributed by atoms with Gasteiger partial charge >= 0.3 is 0 Å². The zero-order valence-corrected chi connectivity index (χ0v) is 5.76. The van der Waals surface area contributed by atoms with Crippen molar-refractivity contribution in [1.82, 2.24) is 0 Å². The molecule has 10 heavy (non-hydrogen) atoms. The van der Waals surface area contributed by atoms with Gasteiger partial charge in [-0.3, -0.25) is 4.79 Å². The minimum Gasteiger partial charge on any atom is -0.381 e. The van der Waals surface area contributed by atoms with Gasteiger partial charge in [-0.2, -0.15) is 0 Å². The molecule has 0 aromatic carbocycles. The molecule has 0 saturated carbocycles. The molecule has 0 heterocycles. The summed E-state index contributed by atoms with van der Waals surface area (Å²) in [5, 5.41) is 2.66. The lowest BCUT2D eigenvalue weighted by Gasteiger charge is -1.90. The van der Waals surface area contributed by atoms with Crippen LogP contribution in [0.5, 0.6) is 0 Å². The second kappa shape index (κ2) is 4.65. The number of amides is 1.